The topological polar surface area (TPSA) is 84.9 Å². The summed E-state index contributed by atoms with van der Waals surface area (Å²) in [5, 5.41) is 11.0. The monoisotopic (exact) mass is 219 g/mol. The van der Waals surface area contributed by atoms with Crippen molar-refractivity contribution >= 4 is 11.9 Å². The molecule has 0 aromatic carbocycles. The van der Waals surface area contributed by atoms with Crippen LogP contribution in [0.1, 0.15) is 13.3 Å². The molecule has 0 aromatic rings. The molecule has 0 aliphatic carbocycles. The zero-order chi connectivity index (χ0) is 11.7. The molecule has 0 saturated carbocycles. The van der Waals surface area contributed by atoms with E-state index in [1.165, 1.54) is 7.11 Å². The predicted octanol–water partition coefficient (Wildman–Crippen LogP) is -0.371. The average molecular weight is 219 g/mol. The van der Waals surface area contributed by atoms with Gasteiger partial charge in [-0.05, 0) is 6.42 Å². The second-order valence-corrected chi connectivity index (χ2v) is 2.91. The van der Waals surface area contributed by atoms with Gasteiger partial charge in [0.05, 0.1) is 13.2 Å². The highest BCUT2D eigenvalue weighted by Crippen LogP contribution is 1.90. The van der Waals surface area contributed by atoms with Crippen LogP contribution in [-0.4, -0.2) is 50.0 Å². The van der Waals surface area contributed by atoms with Crippen LogP contribution < -0.4 is 5.32 Å². The third-order valence-corrected chi connectivity index (χ3v) is 1.71. The number of amides is 1. The van der Waals surface area contributed by atoms with E-state index in [1.54, 1.807) is 6.92 Å². The minimum absolute atomic E-state index is 0.146. The summed E-state index contributed by atoms with van der Waals surface area (Å²) in [5.41, 5.74) is 0. The van der Waals surface area contributed by atoms with Gasteiger partial charge in [-0.1, -0.05) is 6.92 Å². The van der Waals surface area contributed by atoms with Gasteiger partial charge in [-0.25, -0.2) is 4.79 Å². The molecule has 1 amide bonds. The standard InChI is InChI=1S/C9H17NO5/c1-3-7(9(12)13)10-8(11)6-15-5-4-14-2/h7H,3-6H2,1-2H3,(H,10,11)(H,12,13)/t7-/m0/s1. The molecule has 0 rings (SSSR count). The number of rotatable bonds is 8. The number of nitrogens with one attached hydrogen (secondary N) is 1. The summed E-state index contributed by atoms with van der Waals surface area (Å²) in [6.07, 6.45) is 0.346. The van der Waals surface area contributed by atoms with Gasteiger partial charge in [-0.2, -0.15) is 0 Å². The van der Waals surface area contributed by atoms with Crippen LogP contribution in [0, 0.1) is 0 Å². The molecule has 6 heteroatoms. The maximum atomic E-state index is 11.1. The molecular formula is C9H17NO5. The molecule has 15 heavy (non-hydrogen) atoms. The summed E-state index contributed by atoms with van der Waals surface area (Å²) in [5.74, 6) is -1.47. The highest BCUT2D eigenvalue weighted by Gasteiger charge is 2.16. The summed E-state index contributed by atoms with van der Waals surface area (Å²) in [4.78, 5) is 21.7. The summed E-state index contributed by atoms with van der Waals surface area (Å²) in [7, 11) is 1.53. The van der Waals surface area contributed by atoms with Crippen molar-refractivity contribution in [1.82, 2.24) is 5.32 Å². The smallest absolute Gasteiger partial charge is 0.326 e. The first kappa shape index (κ1) is 13.9. The minimum Gasteiger partial charge on any atom is -0.480 e. The Morgan fingerprint density at radius 2 is 2.07 bits per heavy atom. The molecule has 0 heterocycles. The van der Waals surface area contributed by atoms with Crippen molar-refractivity contribution in [3.63, 3.8) is 0 Å². The van der Waals surface area contributed by atoms with Gasteiger partial charge in [0.15, 0.2) is 0 Å². The summed E-state index contributed by atoms with van der Waals surface area (Å²) >= 11 is 0. The first-order chi connectivity index (χ1) is 7.11. The largest absolute Gasteiger partial charge is 0.480 e. The number of hydrogen-bond donors (Lipinski definition) is 2. The summed E-state index contributed by atoms with van der Waals surface area (Å²) in [6, 6.07) is -0.844. The lowest BCUT2D eigenvalue weighted by atomic mass is 10.2. The quantitative estimate of drug-likeness (QED) is 0.544. The molecule has 2 N–H and O–H groups in total. The van der Waals surface area contributed by atoms with Crippen molar-refractivity contribution in [3.8, 4) is 0 Å². The molecule has 0 spiro atoms. The second kappa shape index (κ2) is 8.19. The van der Waals surface area contributed by atoms with Gasteiger partial charge in [0, 0.05) is 7.11 Å². The lowest BCUT2D eigenvalue weighted by molar-refractivity contribution is -0.142. The van der Waals surface area contributed by atoms with E-state index in [0.29, 0.717) is 19.6 Å². The SMILES string of the molecule is CC[C@H](NC(=O)COCCOC)C(=O)O. The van der Waals surface area contributed by atoms with E-state index in [-0.39, 0.29) is 6.61 Å². The predicted molar refractivity (Wildman–Crippen MR) is 52.6 cm³/mol. The Kier molecular flexibility index (Phi) is 7.57. The van der Waals surface area contributed by atoms with Crippen molar-refractivity contribution in [2.45, 2.75) is 19.4 Å². The Morgan fingerprint density at radius 3 is 2.53 bits per heavy atom. The van der Waals surface area contributed by atoms with Crippen LogP contribution in [0.15, 0.2) is 0 Å². The van der Waals surface area contributed by atoms with Crippen LogP contribution >= 0.6 is 0 Å². The number of ether oxygens (including phenoxy) is 2. The zero-order valence-corrected chi connectivity index (χ0v) is 8.99. The van der Waals surface area contributed by atoms with Gasteiger partial charge in [-0.15, -0.1) is 0 Å². The van der Waals surface area contributed by atoms with Crippen molar-refractivity contribution in [2.75, 3.05) is 26.9 Å². The Hall–Kier alpha value is -1.14. The molecule has 6 nitrogen and oxygen atoms in total. The summed E-state index contributed by atoms with van der Waals surface area (Å²) in [6.45, 7) is 2.26. The number of hydrogen-bond acceptors (Lipinski definition) is 4. The van der Waals surface area contributed by atoms with Gasteiger partial charge in [0.25, 0.3) is 0 Å². The normalized spacial score (nSPS) is 12.1. The lowest BCUT2D eigenvalue weighted by Gasteiger charge is -2.12. The number of aliphatic carboxylic acids is 1. The molecule has 0 unspecified atom stereocenters. The van der Waals surface area contributed by atoms with Crippen LogP contribution in [-0.2, 0) is 19.1 Å². The molecular weight excluding hydrogens is 202 g/mol. The highest BCUT2D eigenvalue weighted by molar-refractivity contribution is 5.84. The first-order valence-corrected chi connectivity index (χ1v) is 4.70. The molecule has 0 radical (unpaired) electrons. The van der Waals surface area contributed by atoms with E-state index in [1.807, 2.05) is 0 Å². The maximum Gasteiger partial charge on any atom is 0.326 e. The fourth-order valence-electron chi connectivity index (χ4n) is 0.882. The van der Waals surface area contributed by atoms with Gasteiger partial charge in [0.1, 0.15) is 12.6 Å². The van der Waals surface area contributed by atoms with E-state index in [2.05, 4.69) is 5.32 Å². The number of carbonyl (C=O) groups excluding carboxylic acids is 1. The molecule has 0 fully saturated rings. The molecule has 1 atom stereocenters. The maximum absolute atomic E-state index is 11.1. The lowest BCUT2D eigenvalue weighted by Crippen LogP contribution is -2.42. The fourth-order valence-corrected chi connectivity index (χ4v) is 0.882. The third kappa shape index (κ3) is 6.87. The molecule has 0 aromatic heterocycles. The number of carbonyl (C=O) groups is 2. The average Bonchev–Trinajstić information content (AvgIpc) is 2.20. The Labute approximate surface area is 88.6 Å². The molecule has 0 bridgehead atoms. The van der Waals surface area contributed by atoms with Crippen molar-refractivity contribution in [2.24, 2.45) is 0 Å². The van der Waals surface area contributed by atoms with Crippen molar-refractivity contribution in [1.29, 1.82) is 0 Å². The van der Waals surface area contributed by atoms with E-state index in [4.69, 9.17) is 14.6 Å². The Morgan fingerprint density at radius 1 is 1.40 bits per heavy atom. The highest BCUT2D eigenvalue weighted by atomic mass is 16.5. The van der Waals surface area contributed by atoms with Gasteiger partial charge in [-0.3, -0.25) is 4.79 Å². The van der Waals surface area contributed by atoms with Crippen molar-refractivity contribution < 1.29 is 24.2 Å². The third-order valence-electron chi connectivity index (χ3n) is 1.71. The molecule has 0 saturated heterocycles. The van der Waals surface area contributed by atoms with E-state index in [0.717, 1.165) is 0 Å². The second-order valence-electron chi connectivity index (χ2n) is 2.91. The molecule has 0 aliphatic heterocycles. The van der Waals surface area contributed by atoms with Crippen LogP contribution in [0.25, 0.3) is 0 Å². The molecule has 0 aliphatic rings. The van der Waals surface area contributed by atoms with E-state index in [9.17, 15) is 9.59 Å². The zero-order valence-electron chi connectivity index (χ0n) is 8.99. The van der Waals surface area contributed by atoms with Crippen LogP contribution in [0.2, 0.25) is 0 Å². The van der Waals surface area contributed by atoms with E-state index < -0.39 is 17.9 Å². The number of carboxylic acids is 1. The van der Waals surface area contributed by atoms with Gasteiger partial charge >= 0.3 is 5.97 Å². The van der Waals surface area contributed by atoms with Crippen molar-refractivity contribution in [3.05, 3.63) is 0 Å². The Balaban J connectivity index is 3.67. The fraction of sp³-hybridized carbons (Fsp3) is 0.778. The van der Waals surface area contributed by atoms with Crippen LogP contribution in [0.3, 0.4) is 0 Å². The summed E-state index contributed by atoms with van der Waals surface area (Å²) < 4.78 is 9.64. The minimum atomic E-state index is -1.04. The Bertz CT molecular complexity index is 207. The number of carboxylic acid groups (broad SMARTS) is 1. The first-order valence-electron chi connectivity index (χ1n) is 4.70. The van der Waals surface area contributed by atoms with Gasteiger partial charge in [0.2, 0.25) is 5.91 Å². The van der Waals surface area contributed by atoms with Crippen LogP contribution in [0.4, 0.5) is 0 Å². The molecule has 88 valence electrons. The van der Waals surface area contributed by atoms with Crippen LogP contribution in [0.5, 0.6) is 0 Å². The number of methoxy groups -OCH3 is 1. The van der Waals surface area contributed by atoms with E-state index >= 15 is 0 Å². The van der Waals surface area contributed by atoms with Gasteiger partial charge < -0.3 is 19.9 Å².